The summed E-state index contributed by atoms with van der Waals surface area (Å²) in [5.41, 5.74) is 2.07. The van der Waals surface area contributed by atoms with Crippen molar-refractivity contribution in [2.24, 2.45) is 0 Å². The van der Waals surface area contributed by atoms with Crippen molar-refractivity contribution in [3.05, 3.63) is 68.9 Å². The third kappa shape index (κ3) is 3.80. The van der Waals surface area contributed by atoms with Gasteiger partial charge in [0.2, 0.25) is 0 Å². The minimum Gasteiger partial charge on any atom is -0.309 e. The van der Waals surface area contributed by atoms with Crippen molar-refractivity contribution in [1.82, 2.24) is 5.32 Å². The summed E-state index contributed by atoms with van der Waals surface area (Å²) in [4.78, 5) is 0. The zero-order chi connectivity index (χ0) is 13.0. The average molecular weight is 329 g/mol. The molecule has 0 fully saturated rings. The van der Waals surface area contributed by atoms with Crippen LogP contribution in [0.25, 0.3) is 0 Å². The van der Waals surface area contributed by atoms with Crippen LogP contribution in [0.15, 0.2) is 46.9 Å². The van der Waals surface area contributed by atoms with Crippen molar-refractivity contribution in [3.8, 4) is 0 Å². The smallest absolute Gasteiger partial charge is 0.137 e. The highest BCUT2D eigenvalue weighted by Gasteiger charge is 2.00. The van der Waals surface area contributed by atoms with E-state index in [1.165, 1.54) is 6.07 Å². The number of halogens is 3. The van der Waals surface area contributed by atoms with Crippen LogP contribution in [0.3, 0.4) is 0 Å². The lowest BCUT2D eigenvalue weighted by molar-refractivity contribution is 0.614. The van der Waals surface area contributed by atoms with Gasteiger partial charge in [-0.25, -0.2) is 4.39 Å². The van der Waals surface area contributed by atoms with Gasteiger partial charge < -0.3 is 5.32 Å². The van der Waals surface area contributed by atoms with Crippen LogP contribution >= 0.6 is 27.5 Å². The standard InChI is InChI=1S/C14H12BrClFN/c15-13-6-3-11(7-14(13)17)9-18-8-10-1-4-12(16)5-2-10/h1-7,18H,8-9H2. The first-order valence-corrected chi connectivity index (χ1v) is 6.71. The molecule has 0 heterocycles. The summed E-state index contributed by atoms with van der Waals surface area (Å²) in [7, 11) is 0. The lowest BCUT2D eigenvalue weighted by atomic mass is 10.2. The Labute approximate surface area is 119 Å². The molecule has 0 saturated carbocycles. The van der Waals surface area contributed by atoms with Gasteiger partial charge in [-0.2, -0.15) is 0 Å². The Morgan fingerprint density at radius 2 is 1.61 bits per heavy atom. The van der Waals surface area contributed by atoms with E-state index in [1.54, 1.807) is 6.07 Å². The Kier molecular flexibility index (Phi) is 4.75. The maximum Gasteiger partial charge on any atom is 0.137 e. The summed E-state index contributed by atoms with van der Waals surface area (Å²) in [6, 6.07) is 12.8. The second kappa shape index (κ2) is 6.32. The van der Waals surface area contributed by atoms with Crippen LogP contribution in [-0.4, -0.2) is 0 Å². The SMILES string of the molecule is Fc1cc(CNCc2ccc(Cl)cc2)ccc1Br. The molecule has 0 amide bonds. The van der Waals surface area contributed by atoms with Crippen LogP contribution in [0, 0.1) is 5.82 Å². The van der Waals surface area contributed by atoms with E-state index >= 15 is 0 Å². The molecule has 0 unspecified atom stereocenters. The fourth-order valence-corrected chi connectivity index (χ4v) is 1.98. The Hall–Kier alpha value is -0.900. The minimum absolute atomic E-state index is 0.235. The highest BCUT2D eigenvalue weighted by Crippen LogP contribution is 2.16. The number of benzene rings is 2. The topological polar surface area (TPSA) is 12.0 Å². The second-order valence-electron chi connectivity index (χ2n) is 3.98. The van der Waals surface area contributed by atoms with Gasteiger partial charge >= 0.3 is 0 Å². The monoisotopic (exact) mass is 327 g/mol. The Bertz CT molecular complexity index is 528. The maximum absolute atomic E-state index is 13.3. The number of hydrogen-bond donors (Lipinski definition) is 1. The molecule has 0 radical (unpaired) electrons. The van der Waals surface area contributed by atoms with Crippen LogP contribution in [0.2, 0.25) is 5.02 Å². The molecule has 0 atom stereocenters. The number of rotatable bonds is 4. The summed E-state index contributed by atoms with van der Waals surface area (Å²) in [6.07, 6.45) is 0. The van der Waals surface area contributed by atoms with Gasteiger partial charge in [0.1, 0.15) is 5.82 Å². The molecule has 2 rings (SSSR count). The fourth-order valence-electron chi connectivity index (χ4n) is 1.60. The van der Waals surface area contributed by atoms with Crippen molar-refractivity contribution in [2.75, 3.05) is 0 Å². The van der Waals surface area contributed by atoms with Gasteiger partial charge in [0.05, 0.1) is 4.47 Å². The highest BCUT2D eigenvalue weighted by atomic mass is 79.9. The van der Waals surface area contributed by atoms with E-state index in [0.717, 1.165) is 22.7 Å². The highest BCUT2D eigenvalue weighted by molar-refractivity contribution is 9.10. The predicted octanol–water partition coefficient (Wildman–Crippen LogP) is 4.53. The summed E-state index contributed by atoms with van der Waals surface area (Å²) in [6.45, 7) is 1.36. The summed E-state index contributed by atoms with van der Waals surface area (Å²) in [5, 5.41) is 3.99. The third-order valence-corrected chi connectivity index (χ3v) is 3.45. The first-order chi connectivity index (χ1) is 8.65. The molecule has 4 heteroatoms. The van der Waals surface area contributed by atoms with Crippen molar-refractivity contribution in [1.29, 1.82) is 0 Å². The second-order valence-corrected chi connectivity index (χ2v) is 5.27. The van der Waals surface area contributed by atoms with Crippen LogP contribution in [0.1, 0.15) is 11.1 Å². The average Bonchev–Trinajstić information content (AvgIpc) is 2.36. The quantitative estimate of drug-likeness (QED) is 0.869. The van der Waals surface area contributed by atoms with E-state index in [1.807, 2.05) is 30.3 Å². The van der Waals surface area contributed by atoms with Crippen LogP contribution in [-0.2, 0) is 13.1 Å². The number of nitrogens with one attached hydrogen (secondary N) is 1. The van der Waals surface area contributed by atoms with Crippen molar-refractivity contribution in [3.63, 3.8) is 0 Å². The zero-order valence-electron chi connectivity index (χ0n) is 9.59. The molecule has 94 valence electrons. The summed E-state index contributed by atoms with van der Waals surface area (Å²) >= 11 is 8.94. The molecule has 0 aliphatic rings. The zero-order valence-corrected chi connectivity index (χ0v) is 11.9. The van der Waals surface area contributed by atoms with E-state index in [2.05, 4.69) is 21.2 Å². The van der Waals surface area contributed by atoms with E-state index in [0.29, 0.717) is 11.0 Å². The Morgan fingerprint density at radius 3 is 2.28 bits per heavy atom. The number of hydrogen-bond acceptors (Lipinski definition) is 1. The molecule has 0 spiro atoms. The van der Waals surface area contributed by atoms with E-state index in [4.69, 9.17) is 11.6 Å². The lowest BCUT2D eigenvalue weighted by Crippen LogP contribution is -2.12. The molecule has 1 N–H and O–H groups in total. The third-order valence-electron chi connectivity index (χ3n) is 2.56. The van der Waals surface area contributed by atoms with Gasteiger partial charge in [0.25, 0.3) is 0 Å². The first kappa shape index (κ1) is 13.5. The lowest BCUT2D eigenvalue weighted by Gasteiger charge is -2.06. The van der Waals surface area contributed by atoms with Gasteiger partial charge in [0.15, 0.2) is 0 Å². The molecule has 2 aromatic carbocycles. The van der Waals surface area contributed by atoms with E-state index < -0.39 is 0 Å². The van der Waals surface area contributed by atoms with Crippen LogP contribution < -0.4 is 5.32 Å². The normalized spacial score (nSPS) is 10.6. The molecule has 18 heavy (non-hydrogen) atoms. The van der Waals surface area contributed by atoms with Gasteiger partial charge in [-0.05, 0) is 51.3 Å². The van der Waals surface area contributed by atoms with Gasteiger partial charge in [-0.3, -0.25) is 0 Å². The van der Waals surface area contributed by atoms with Gasteiger partial charge in [-0.1, -0.05) is 29.8 Å². The van der Waals surface area contributed by atoms with Crippen LogP contribution in [0.4, 0.5) is 4.39 Å². The Morgan fingerprint density at radius 1 is 1.00 bits per heavy atom. The Balaban J connectivity index is 1.88. The van der Waals surface area contributed by atoms with Gasteiger partial charge in [0, 0.05) is 18.1 Å². The molecule has 2 aromatic rings. The van der Waals surface area contributed by atoms with Crippen molar-refractivity contribution in [2.45, 2.75) is 13.1 Å². The predicted molar refractivity (Wildman–Crippen MR) is 76.1 cm³/mol. The molecular weight excluding hydrogens is 317 g/mol. The van der Waals surface area contributed by atoms with E-state index in [9.17, 15) is 4.39 Å². The van der Waals surface area contributed by atoms with Crippen molar-refractivity contribution < 1.29 is 4.39 Å². The van der Waals surface area contributed by atoms with E-state index in [-0.39, 0.29) is 5.82 Å². The largest absolute Gasteiger partial charge is 0.309 e. The van der Waals surface area contributed by atoms with Crippen LogP contribution in [0.5, 0.6) is 0 Å². The maximum atomic E-state index is 13.3. The molecule has 0 aliphatic carbocycles. The molecular formula is C14H12BrClFN. The first-order valence-electron chi connectivity index (χ1n) is 5.54. The molecule has 1 nitrogen and oxygen atoms in total. The molecule has 0 bridgehead atoms. The molecule has 0 saturated heterocycles. The fraction of sp³-hybridized carbons (Fsp3) is 0.143. The molecule has 0 aromatic heterocycles. The minimum atomic E-state index is -0.235. The summed E-state index contributed by atoms with van der Waals surface area (Å²) < 4.78 is 13.8. The summed E-state index contributed by atoms with van der Waals surface area (Å²) in [5.74, 6) is -0.235. The van der Waals surface area contributed by atoms with Gasteiger partial charge in [-0.15, -0.1) is 0 Å². The molecule has 0 aliphatic heterocycles. The van der Waals surface area contributed by atoms with Crippen molar-refractivity contribution >= 4 is 27.5 Å².